The Morgan fingerprint density at radius 1 is 1.39 bits per heavy atom. The van der Waals surface area contributed by atoms with Crippen LogP contribution >= 0.6 is 45.2 Å². The quantitative estimate of drug-likeness (QED) is 0.584. The molecule has 0 radical (unpaired) electrons. The van der Waals surface area contributed by atoms with E-state index in [2.05, 4.69) is 5.32 Å². The molecular formula is C11H11I2NO4. The molecule has 0 aromatic heterocycles. The van der Waals surface area contributed by atoms with E-state index in [0.717, 1.165) is 3.57 Å². The van der Waals surface area contributed by atoms with Crippen LogP contribution in [0.1, 0.15) is 23.7 Å². The van der Waals surface area contributed by atoms with Gasteiger partial charge in [-0.3, -0.25) is 4.79 Å². The first-order valence-electron chi connectivity index (χ1n) is 5.08. The maximum Gasteiger partial charge on any atom is 0.326 e. The number of aromatic hydroxyl groups is 1. The van der Waals surface area contributed by atoms with E-state index in [1.165, 1.54) is 6.07 Å². The van der Waals surface area contributed by atoms with Gasteiger partial charge in [-0.2, -0.15) is 0 Å². The van der Waals surface area contributed by atoms with Crippen LogP contribution in [-0.2, 0) is 4.79 Å². The first kappa shape index (κ1) is 15.5. The summed E-state index contributed by atoms with van der Waals surface area (Å²) in [7, 11) is 0. The van der Waals surface area contributed by atoms with E-state index in [0.29, 0.717) is 3.57 Å². The fourth-order valence-electron chi connectivity index (χ4n) is 1.31. The third-order valence-electron chi connectivity index (χ3n) is 2.28. The first-order valence-corrected chi connectivity index (χ1v) is 7.24. The van der Waals surface area contributed by atoms with Crippen LogP contribution in [0.2, 0.25) is 0 Å². The largest absolute Gasteiger partial charge is 0.506 e. The van der Waals surface area contributed by atoms with Crippen molar-refractivity contribution in [3.63, 3.8) is 0 Å². The summed E-state index contributed by atoms with van der Waals surface area (Å²) in [6.07, 6.45) is 0.281. The van der Waals surface area contributed by atoms with Gasteiger partial charge in [0.15, 0.2) is 0 Å². The average Bonchev–Trinajstić information content (AvgIpc) is 2.29. The lowest BCUT2D eigenvalue weighted by Gasteiger charge is -2.13. The Labute approximate surface area is 131 Å². The minimum atomic E-state index is -1.09. The van der Waals surface area contributed by atoms with Gasteiger partial charge < -0.3 is 15.5 Å². The molecule has 0 bridgehead atoms. The Hall–Kier alpha value is -0.580. The summed E-state index contributed by atoms with van der Waals surface area (Å²) in [5.41, 5.74) is 0.0889. The van der Waals surface area contributed by atoms with Gasteiger partial charge in [-0.1, -0.05) is 6.92 Å². The fourth-order valence-corrected chi connectivity index (χ4v) is 3.16. The predicted molar refractivity (Wildman–Crippen MR) is 82.7 cm³/mol. The highest BCUT2D eigenvalue weighted by molar-refractivity contribution is 14.1. The van der Waals surface area contributed by atoms with Gasteiger partial charge in [0.05, 0.1) is 9.13 Å². The third-order valence-corrected chi connectivity index (χ3v) is 3.73. The highest BCUT2D eigenvalue weighted by Gasteiger charge is 2.21. The molecule has 1 aromatic rings. The predicted octanol–water partition coefficient (Wildman–Crippen LogP) is 2.19. The zero-order valence-corrected chi connectivity index (χ0v) is 13.7. The van der Waals surface area contributed by atoms with Crippen molar-refractivity contribution in [2.75, 3.05) is 0 Å². The Kier molecular flexibility index (Phi) is 5.63. The Morgan fingerprint density at radius 2 is 2.00 bits per heavy atom. The number of carboxylic acid groups (broad SMARTS) is 1. The van der Waals surface area contributed by atoms with Gasteiger partial charge in [0.25, 0.3) is 5.91 Å². The Balaban J connectivity index is 3.01. The van der Waals surface area contributed by atoms with Crippen LogP contribution in [0.5, 0.6) is 5.75 Å². The molecule has 0 aliphatic carbocycles. The maximum absolute atomic E-state index is 11.9. The van der Waals surface area contributed by atoms with Gasteiger partial charge in [-0.05, 0) is 63.7 Å². The molecule has 18 heavy (non-hydrogen) atoms. The molecule has 0 saturated heterocycles. The summed E-state index contributed by atoms with van der Waals surface area (Å²) in [6, 6.07) is 2.29. The third kappa shape index (κ3) is 3.70. The number of phenols is 1. The van der Waals surface area contributed by atoms with Crippen molar-refractivity contribution in [3.8, 4) is 5.75 Å². The highest BCUT2D eigenvalue weighted by atomic mass is 127. The van der Waals surface area contributed by atoms with E-state index in [1.54, 1.807) is 13.0 Å². The van der Waals surface area contributed by atoms with Crippen LogP contribution in [0.25, 0.3) is 0 Å². The number of benzene rings is 1. The summed E-state index contributed by atoms with van der Waals surface area (Å²) in [5, 5.41) is 21.0. The van der Waals surface area contributed by atoms with Crippen LogP contribution in [-0.4, -0.2) is 28.1 Å². The molecule has 1 amide bonds. The summed E-state index contributed by atoms with van der Waals surface area (Å²) in [5.74, 6) is -1.81. The monoisotopic (exact) mass is 475 g/mol. The molecule has 5 nitrogen and oxygen atoms in total. The number of halogens is 2. The maximum atomic E-state index is 11.9. The SMILES string of the molecule is CCC(NC(=O)c1cc(I)cc(I)c1O)C(=O)O. The van der Waals surface area contributed by atoms with Crippen molar-refractivity contribution in [1.29, 1.82) is 0 Å². The van der Waals surface area contributed by atoms with Crippen LogP contribution in [0.3, 0.4) is 0 Å². The summed E-state index contributed by atoms with van der Waals surface area (Å²) in [6.45, 7) is 1.66. The number of amides is 1. The number of aliphatic carboxylic acids is 1. The van der Waals surface area contributed by atoms with E-state index in [1.807, 2.05) is 45.2 Å². The van der Waals surface area contributed by atoms with Gasteiger partial charge in [0.1, 0.15) is 11.8 Å². The van der Waals surface area contributed by atoms with E-state index < -0.39 is 17.9 Å². The second-order valence-electron chi connectivity index (χ2n) is 3.56. The first-order chi connectivity index (χ1) is 8.36. The number of carbonyl (C=O) groups excluding carboxylic acids is 1. The molecule has 0 spiro atoms. The molecule has 1 aromatic carbocycles. The number of phenolic OH excluding ortho intramolecular Hbond substituents is 1. The smallest absolute Gasteiger partial charge is 0.326 e. The number of carboxylic acids is 1. The van der Waals surface area contributed by atoms with E-state index in [9.17, 15) is 14.7 Å². The lowest BCUT2D eigenvalue weighted by atomic mass is 10.1. The lowest BCUT2D eigenvalue weighted by molar-refractivity contribution is -0.139. The van der Waals surface area contributed by atoms with E-state index in [4.69, 9.17) is 5.11 Å². The van der Waals surface area contributed by atoms with Gasteiger partial charge in [-0.25, -0.2) is 4.79 Å². The standard InChI is InChI=1S/C11H11I2NO4/c1-2-8(11(17)18)14-10(16)6-3-5(12)4-7(13)9(6)15/h3-4,8,15H,2H2,1H3,(H,14,16)(H,17,18). The van der Waals surface area contributed by atoms with Crippen LogP contribution in [0.15, 0.2) is 12.1 Å². The van der Waals surface area contributed by atoms with Crippen molar-refractivity contribution in [2.24, 2.45) is 0 Å². The Bertz CT molecular complexity index is 490. The molecule has 7 heteroatoms. The molecule has 0 fully saturated rings. The number of hydrogen-bond donors (Lipinski definition) is 3. The summed E-state index contributed by atoms with van der Waals surface area (Å²) >= 11 is 3.94. The van der Waals surface area contributed by atoms with Crippen molar-refractivity contribution in [3.05, 3.63) is 24.8 Å². The molecule has 1 unspecified atom stereocenters. The second-order valence-corrected chi connectivity index (χ2v) is 5.96. The molecular weight excluding hydrogens is 464 g/mol. The van der Waals surface area contributed by atoms with Crippen molar-refractivity contribution >= 4 is 57.1 Å². The Morgan fingerprint density at radius 3 is 2.50 bits per heavy atom. The van der Waals surface area contributed by atoms with E-state index >= 15 is 0 Å². The van der Waals surface area contributed by atoms with Crippen molar-refractivity contribution in [1.82, 2.24) is 5.32 Å². The van der Waals surface area contributed by atoms with E-state index in [-0.39, 0.29) is 17.7 Å². The second kappa shape index (κ2) is 6.55. The normalized spacial score (nSPS) is 11.9. The van der Waals surface area contributed by atoms with Crippen LogP contribution in [0, 0.1) is 7.14 Å². The van der Waals surface area contributed by atoms with Crippen LogP contribution < -0.4 is 5.32 Å². The highest BCUT2D eigenvalue weighted by Crippen LogP contribution is 2.26. The lowest BCUT2D eigenvalue weighted by Crippen LogP contribution is -2.40. The van der Waals surface area contributed by atoms with Gasteiger partial charge in [0, 0.05) is 3.57 Å². The van der Waals surface area contributed by atoms with Gasteiger partial charge in [-0.15, -0.1) is 0 Å². The molecule has 0 saturated carbocycles. The van der Waals surface area contributed by atoms with Crippen LogP contribution in [0.4, 0.5) is 0 Å². The minimum Gasteiger partial charge on any atom is -0.506 e. The topological polar surface area (TPSA) is 86.6 Å². The molecule has 1 atom stereocenters. The molecule has 0 aliphatic rings. The number of carbonyl (C=O) groups is 2. The minimum absolute atomic E-state index is 0.0889. The van der Waals surface area contributed by atoms with Gasteiger partial charge >= 0.3 is 5.97 Å². The zero-order valence-electron chi connectivity index (χ0n) is 9.41. The van der Waals surface area contributed by atoms with Crippen molar-refractivity contribution < 1.29 is 19.8 Å². The number of rotatable bonds is 4. The molecule has 0 aliphatic heterocycles. The van der Waals surface area contributed by atoms with Crippen molar-refractivity contribution in [2.45, 2.75) is 19.4 Å². The molecule has 98 valence electrons. The molecule has 1 rings (SSSR count). The summed E-state index contributed by atoms with van der Waals surface area (Å²) < 4.78 is 1.34. The average molecular weight is 475 g/mol. The number of hydrogen-bond acceptors (Lipinski definition) is 3. The zero-order chi connectivity index (χ0) is 13.9. The fraction of sp³-hybridized carbons (Fsp3) is 0.273. The van der Waals surface area contributed by atoms with Gasteiger partial charge in [0.2, 0.25) is 0 Å². The molecule has 0 heterocycles. The summed E-state index contributed by atoms with van der Waals surface area (Å²) in [4.78, 5) is 22.7. The molecule has 3 N–H and O–H groups in total. The number of nitrogens with one attached hydrogen (secondary N) is 1.